The summed E-state index contributed by atoms with van der Waals surface area (Å²) in [6.07, 6.45) is 0. The fourth-order valence-electron chi connectivity index (χ4n) is 0.829. The van der Waals surface area contributed by atoms with E-state index in [4.69, 9.17) is 5.41 Å². The smallest absolute Gasteiger partial charge is 0.308 e. The van der Waals surface area contributed by atoms with Gasteiger partial charge in [-0.25, -0.2) is 0 Å². The van der Waals surface area contributed by atoms with Crippen molar-refractivity contribution in [3.8, 4) is 0 Å². The van der Waals surface area contributed by atoms with Gasteiger partial charge in [-0.15, -0.1) is 0 Å². The maximum atomic E-state index is 10.6. The first-order valence-corrected chi connectivity index (χ1v) is 4.03. The molecule has 0 aliphatic heterocycles. The van der Waals surface area contributed by atoms with E-state index in [1.165, 1.54) is 0 Å². The quantitative estimate of drug-likeness (QED) is 0.394. The number of rotatable bonds is 4. The van der Waals surface area contributed by atoms with Gasteiger partial charge in [0, 0.05) is 13.0 Å². The highest BCUT2D eigenvalue weighted by molar-refractivity contribution is 5.97. The molecular weight excluding hydrogens is 170 g/mol. The van der Waals surface area contributed by atoms with Gasteiger partial charge in [0.15, 0.2) is 0 Å². The minimum absolute atomic E-state index is 0.0526. The molecule has 0 unspecified atom stereocenters. The number of nitrogens with zero attached hydrogens (tertiary/aromatic N) is 1. The van der Waals surface area contributed by atoms with Gasteiger partial charge in [0.25, 0.3) is 0 Å². The molecule has 0 bridgehead atoms. The minimum atomic E-state index is -0.520. The molecule has 5 nitrogen and oxygen atoms in total. The monoisotopic (exact) mass is 185 g/mol. The zero-order valence-corrected chi connectivity index (χ0v) is 8.34. The van der Waals surface area contributed by atoms with Crippen LogP contribution in [-0.4, -0.2) is 17.7 Å². The lowest BCUT2D eigenvalue weighted by Gasteiger charge is -2.07. The second kappa shape index (κ2) is 4.59. The lowest BCUT2D eigenvalue weighted by Crippen LogP contribution is -2.21. The summed E-state index contributed by atoms with van der Waals surface area (Å²) in [6.45, 7) is 5.11. The van der Waals surface area contributed by atoms with E-state index >= 15 is 0 Å². The van der Waals surface area contributed by atoms with Crippen molar-refractivity contribution in [2.45, 2.75) is 20.8 Å². The van der Waals surface area contributed by atoms with Crippen LogP contribution < -0.4 is 5.32 Å². The Hall–Kier alpha value is -1.39. The highest BCUT2D eigenvalue weighted by Crippen LogP contribution is 2.10. The highest BCUT2D eigenvalue weighted by Gasteiger charge is 2.23. The summed E-state index contributed by atoms with van der Waals surface area (Å²) in [6, 6.07) is 0. The van der Waals surface area contributed by atoms with Crippen molar-refractivity contribution >= 4 is 5.71 Å². The van der Waals surface area contributed by atoms with Gasteiger partial charge in [0.05, 0.1) is 10.6 Å². The maximum absolute atomic E-state index is 10.6. The molecule has 0 amide bonds. The summed E-state index contributed by atoms with van der Waals surface area (Å²) in [5, 5.41) is 20.8. The molecular formula is C8H15N3O2. The molecule has 0 fully saturated rings. The standard InChI is InChI=1S/C8H15N3O2/c1-5(2)7(9)8(11(12)13)6(3)10-4/h5,9-10H,1-4H3/b8-6+,9-7?. The van der Waals surface area contributed by atoms with Crippen LogP contribution in [0.3, 0.4) is 0 Å². The van der Waals surface area contributed by atoms with Crippen molar-refractivity contribution in [3.05, 3.63) is 21.5 Å². The molecule has 13 heavy (non-hydrogen) atoms. The van der Waals surface area contributed by atoms with Gasteiger partial charge in [0.1, 0.15) is 5.71 Å². The SMILES string of the molecule is CN/C(C)=C(\C(=N)C(C)C)[N+](=O)[O-]. The molecule has 2 N–H and O–H groups in total. The third-order valence-electron chi connectivity index (χ3n) is 1.75. The van der Waals surface area contributed by atoms with Crippen LogP contribution in [0.4, 0.5) is 0 Å². The summed E-state index contributed by atoms with van der Waals surface area (Å²) < 4.78 is 0. The van der Waals surface area contributed by atoms with Crippen LogP contribution >= 0.6 is 0 Å². The summed E-state index contributed by atoms with van der Waals surface area (Å²) in [5.41, 5.74) is 0.345. The average Bonchev–Trinajstić information content (AvgIpc) is 2.03. The Balaban J connectivity index is 5.06. The van der Waals surface area contributed by atoms with Crippen molar-refractivity contribution < 1.29 is 4.92 Å². The Bertz CT molecular complexity index is 256. The zero-order chi connectivity index (χ0) is 10.6. The first-order valence-electron chi connectivity index (χ1n) is 4.03. The zero-order valence-electron chi connectivity index (χ0n) is 8.34. The van der Waals surface area contributed by atoms with Crippen molar-refractivity contribution in [1.82, 2.24) is 5.32 Å². The second-order valence-corrected chi connectivity index (χ2v) is 3.05. The van der Waals surface area contributed by atoms with Crippen LogP contribution in [0.1, 0.15) is 20.8 Å². The molecule has 0 aliphatic rings. The van der Waals surface area contributed by atoms with E-state index < -0.39 is 4.92 Å². The molecule has 0 heterocycles. The number of hydrogen-bond acceptors (Lipinski definition) is 4. The van der Waals surface area contributed by atoms with E-state index in [1.807, 2.05) is 0 Å². The predicted octanol–water partition coefficient (Wildman–Crippen LogP) is 1.39. The Kier molecular flexibility index (Phi) is 4.10. The Morgan fingerprint density at radius 3 is 2.23 bits per heavy atom. The highest BCUT2D eigenvalue weighted by atomic mass is 16.6. The van der Waals surface area contributed by atoms with Gasteiger partial charge < -0.3 is 5.32 Å². The minimum Gasteiger partial charge on any atom is -0.386 e. The molecule has 0 spiro atoms. The molecule has 5 heteroatoms. The second-order valence-electron chi connectivity index (χ2n) is 3.05. The van der Waals surface area contributed by atoms with Crippen molar-refractivity contribution in [2.75, 3.05) is 7.05 Å². The average molecular weight is 185 g/mol. The molecule has 0 atom stereocenters. The Labute approximate surface area is 77.5 Å². The largest absolute Gasteiger partial charge is 0.386 e. The van der Waals surface area contributed by atoms with Gasteiger partial charge in [-0.05, 0) is 6.92 Å². The van der Waals surface area contributed by atoms with Crippen molar-refractivity contribution in [2.24, 2.45) is 5.92 Å². The van der Waals surface area contributed by atoms with Crippen LogP contribution in [0.25, 0.3) is 0 Å². The van der Waals surface area contributed by atoms with Crippen LogP contribution in [0, 0.1) is 21.4 Å². The topological polar surface area (TPSA) is 79.0 Å². The molecule has 0 saturated carbocycles. The molecule has 74 valence electrons. The van der Waals surface area contributed by atoms with Gasteiger partial charge in [-0.2, -0.15) is 0 Å². The third-order valence-corrected chi connectivity index (χ3v) is 1.75. The number of nitrogens with one attached hydrogen (secondary N) is 2. The van der Waals surface area contributed by atoms with Crippen LogP contribution in [-0.2, 0) is 0 Å². The number of allylic oxidation sites excluding steroid dienone is 2. The lowest BCUT2D eigenvalue weighted by molar-refractivity contribution is -0.417. The summed E-state index contributed by atoms with van der Waals surface area (Å²) in [4.78, 5) is 10.1. The van der Waals surface area contributed by atoms with Crippen LogP contribution in [0.5, 0.6) is 0 Å². The normalized spacial score (nSPS) is 12.4. The Morgan fingerprint density at radius 1 is 1.54 bits per heavy atom. The van der Waals surface area contributed by atoms with Crippen molar-refractivity contribution in [3.63, 3.8) is 0 Å². The van der Waals surface area contributed by atoms with Gasteiger partial charge in [-0.3, -0.25) is 15.5 Å². The van der Waals surface area contributed by atoms with E-state index in [-0.39, 0.29) is 17.3 Å². The summed E-state index contributed by atoms with van der Waals surface area (Å²) in [7, 11) is 1.60. The molecule has 0 aromatic carbocycles. The van der Waals surface area contributed by atoms with Crippen molar-refractivity contribution in [1.29, 1.82) is 5.41 Å². The molecule has 0 saturated heterocycles. The fourth-order valence-corrected chi connectivity index (χ4v) is 0.829. The van der Waals surface area contributed by atoms with Crippen LogP contribution in [0.2, 0.25) is 0 Å². The fraction of sp³-hybridized carbons (Fsp3) is 0.625. The number of nitro groups is 1. The molecule has 0 aliphatic carbocycles. The molecule has 0 aromatic heterocycles. The molecule has 0 rings (SSSR count). The van der Waals surface area contributed by atoms with E-state index in [2.05, 4.69) is 5.32 Å². The summed E-state index contributed by atoms with van der Waals surface area (Å²) in [5.74, 6) is -0.135. The number of hydrogen-bond donors (Lipinski definition) is 2. The first-order chi connectivity index (χ1) is 5.91. The van der Waals surface area contributed by atoms with E-state index in [9.17, 15) is 10.1 Å². The van der Waals surface area contributed by atoms with Gasteiger partial charge in [0.2, 0.25) is 0 Å². The first kappa shape index (κ1) is 11.6. The van der Waals surface area contributed by atoms with E-state index in [1.54, 1.807) is 27.8 Å². The van der Waals surface area contributed by atoms with Crippen LogP contribution in [0.15, 0.2) is 11.4 Å². The summed E-state index contributed by atoms with van der Waals surface area (Å²) >= 11 is 0. The van der Waals surface area contributed by atoms with E-state index in [0.717, 1.165) is 0 Å². The molecule has 0 aromatic rings. The van der Waals surface area contributed by atoms with Gasteiger partial charge in [-0.1, -0.05) is 13.8 Å². The van der Waals surface area contributed by atoms with E-state index in [0.29, 0.717) is 5.70 Å². The predicted molar refractivity (Wildman–Crippen MR) is 51.3 cm³/mol. The third kappa shape index (κ3) is 2.85. The lowest BCUT2D eigenvalue weighted by atomic mass is 10.0. The molecule has 0 radical (unpaired) electrons. The van der Waals surface area contributed by atoms with Gasteiger partial charge >= 0.3 is 5.70 Å². The maximum Gasteiger partial charge on any atom is 0.308 e. The Morgan fingerprint density at radius 2 is 2.00 bits per heavy atom.